The molecule has 2 aromatic rings. The predicted molar refractivity (Wildman–Crippen MR) is 138 cm³/mol. The summed E-state index contributed by atoms with van der Waals surface area (Å²) in [4.78, 5) is 34.1. The summed E-state index contributed by atoms with van der Waals surface area (Å²) >= 11 is 7.92. The smallest absolute Gasteiger partial charge is 0.256 e. The van der Waals surface area contributed by atoms with Crippen LogP contribution in [0, 0.1) is 5.41 Å². The molecule has 2 fully saturated rings. The van der Waals surface area contributed by atoms with Crippen LogP contribution < -0.4 is 9.47 Å². The van der Waals surface area contributed by atoms with E-state index in [1.807, 2.05) is 28.2 Å². The fourth-order valence-corrected chi connectivity index (χ4v) is 5.74. The van der Waals surface area contributed by atoms with Crippen molar-refractivity contribution in [1.29, 1.82) is 0 Å². The first kappa shape index (κ1) is 25.4. The highest BCUT2D eigenvalue weighted by Crippen LogP contribution is 2.41. The van der Waals surface area contributed by atoms with Crippen LogP contribution in [0.2, 0.25) is 5.02 Å². The molecule has 3 heterocycles. The number of amides is 2. The van der Waals surface area contributed by atoms with Gasteiger partial charge in [0.15, 0.2) is 11.5 Å². The van der Waals surface area contributed by atoms with Gasteiger partial charge >= 0.3 is 0 Å². The molecule has 0 aliphatic carbocycles. The molecule has 0 radical (unpaired) electrons. The zero-order chi connectivity index (χ0) is 25.0. The van der Waals surface area contributed by atoms with Gasteiger partial charge in [0.1, 0.15) is 5.03 Å². The second kappa shape index (κ2) is 10.9. The number of halogens is 1. The number of nitrogens with zero attached hydrogens (tertiary/aromatic N) is 3. The molecule has 0 saturated carbocycles. The number of benzene rings is 1. The van der Waals surface area contributed by atoms with E-state index >= 15 is 0 Å². The number of rotatable bonds is 6. The molecule has 7 nitrogen and oxygen atoms in total. The summed E-state index contributed by atoms with van der Waals surface area (Å²) in [6.45, 7) is 2.82. The number of pyridine rings is 1. The minimum absolute atomic E-state index is 0.0359. The zero-order valence-corrected chi connectivity index (χ0v) is 21.8. The summed E-state index contributed by atoms with van der Waals surface area (Å²) in [5, 5.41) is 1.17. The minimum atomic E-state index is -0.0359. The van der Waals surface area contributed by atoms with Crippen molar-refractivity contribution in [1.82, 2.24) is 14.8 Å². The second-order valence-corrected chi connectivity index (χ2v) is 10.1. The summed E-state index contributed by atoms with van der Waals surface area (Å²) in [7, 11) is 3.08. The Balaban J connectivity index is 1.36. The van der Waals surface area contributed by atoms with Crippen LogP contribution in [0.1, 0.15) is 35.2 Å². The third kappa shape index (κ3) is 5.28. The zero-order valence-electron chi connectivity index (χ0n) is 20.3. The van der Waals surface area contributed by atoms with Crippen molar-refractivity contribution in [3.05, 3.63) is 52.7 Å². The van der Waals surface area contributed by atoms with Gasteiger partial charge in [-0.05, 0) is 66.8 Å². The Hall–Kier alpha value is -2.71. The van der Waals surface area contributed by atoms with Crippen molar-refractivity contribution in [2.24, 2.45) is 5.41 Å². The van der Waals surface area contributed by atoms with E-state index in [9.17, 15) is 9.59 Å². The van der Waals surface area contributed by atoms with Crippen molar-refractivity contribution < 1.29 is 19.1 Å². The van der Waals surface area contributed by atoms with Gasteiger partial charge in [-0.1, -0.05) is 11.6 Å². The van der Waals surface area contributed by atoms with Crippen LogP contribution in [0.15, 0.2) is 41.6 Å². The lowest BCUT2D eigenvalue weighted by Crippen LogP contribution is -2.44. The van der Waals surface area contributed by atoms with Gasteiger partial charge in [-0.25, -0.2) is 4.98 Å². The van der Waals surface area contributed by atoms with E-state index < -0.39 is 0 Å². The van der Waals surface area contributed by atoms with Gasteiger partial charge in [0.25, 0.3) is 5.91 Å². The van der Waals surface area contributed by atoms with Gasteiger partial charge in [-0.15, -0.1) is 11.8 Å². The number of hydrogen-bond acceptors (Lipinski definition) is 6. The molecular weight excluding hydrogens is 486 g/mol. The molecule has 2 aliphatic rings. The standard InChI is InChI=1S/C26H30ClN3O4S/c1-33-20-8-6-18(22(27)23(20)34-2)7-9-21(31)30-16-12-26(17-30)10-14-29(15-11-26)25(32)19-5-4-13-28-24(19)35-3/h4-9,13H,10-12,14-17H2,1-3H3/b9-7+. The number of methoxy groups -OCH3 is 2. The van der Waals surface area contributed by atoms with Crippen LogP contribution in [-0.4, -0.2) is 73.3 Å². The molecule has 1 spiro atoms. The first-order chi connectivity index (χ1) is 16.9. The molecular formula is C26H30ClN3O4S. The summed E-state index contributed by atoms with van der Waals surface area (Å²) < 4.78 is 10.6. The Morgan fingerprint density at radius 3 is 2.46 bits per heavy atom. The number of carbonyl (C=O) groups is 2. The molecule has 186 valence electrons. The van der Waals surface area contributed by atoms with Crippen molar-refractivity contribution in [3.63, 3.8) is 0 Å². The summed E-state index contributed by atoms with van der Waals surface area (Å²) in [6.07, 6.45) is 9.67. The van der Waals surface area contributed by atoms with Gasteiger partial charge in [0, 0.05) is 38.5 Å². The van der Waals surface area contributed by atoms with E-state index in [-0.39, 0.29) is 17.2 Å². The topological polar surface area (TPSA) is 72.0 Å². The third-order valence-electron chi connectivity index (χ3n) is 6.98. The Morgan fingerprint density at radius 1 is 1.09 bits per heavy atom. The maximum absolute atomic E-state index is 13.1. The Labute approximate surface area is 215 Å². The third-order valence-corrected chi connectivity index (χ3v) is 8.08. The maximum Gasteiger partial charge on any atom is 0.256 e. The monoisotopic (exact) mass is 515 g/mol. The van der Waals surface area contributed by atoms with Crippen molar-refractivity contribution in [3.8, 4) is 11.5 Å². The van der Waals surface area contributed by atoms with E-state index in [1.165, 1.54) is 18.9 Å². The van der Waals surface area contributed by atoms with Crippen molar-refractivity contribution in [2.75, 3.05) is 46.7 Å². The van der Waals surface area contributed by atoms with E-state index in [0.717, 1.165) is 30.8 Å². The Bertz CT molecular complexity index is 1130. The van der Waals surface area contributed by atoms with Crippen LogP contribution in [0.5, 0.6) is 11.5 Å². The Kier molecular flexibility index (Phi) is 7.91. The van der Waals surface area contributed by atoms with E-state index in [0.29, 0.717) is 47.3 Å². The molecule has 1 aromatic heterocycles. The molecule has 35 heavy (non-hydrogen) atoms. The first-order valence-corrected chi connectivity index (χ1v) is 13.2. The van der Waals surface area contributed by atoms with Crippen LogP contribution in [0.3, 0.4) is 0 Å². The molecule has 0 unspecified atom stereocenters. The molecule has 2 aliphatic heterocycles. The molecule has 4 rings (SSSR count). The number of thioether (sulfide) groups is 1. The fraction of sp³-hybridized carbons (Fsp3) is 0.423. The number of hydrogen-bond donors (Lipinski definition) is 0. The molecule has 0 bridgehead atoms. The lowest BCUT2D eigenvalue weighted by atomic mass is 9.77. The molecule has 2 amide bonds. The quantitative estimate of drug-likeness (QED) is 0.412. The van der Waals surface area contributed by atoms with E-state index in [4.69, 9.17) is 21.1 Å². The summed E-state index contributed by atoms with van der Waals surface area (Å²) in [5.74, 6) is 0.991. The van der Waals surface area contributed by atoms with Crippen molar-refractivity contribution >= 4 is 41.3 Å². The van der Waals surface area contributed by atoms with Gasteiger partial charge in [0.05, 0.1) is 24.8 Å². The van der Waals surface area contributed by atoms with Gasteiger partial charge in [0.2, 0.25) is 5.91 Å². The highest BCUT2D eigenvalue weighted by molar-refractivity contribution is 7.98. The average Bonchev–Trinajstić information content (AvgIpc) is 3.31. The number of carbonyl (C=O) groups excluding carboxylic acids is 2. The lowest BCUT2D eigenvalue weighted by Gasteiger charge is -2.39. The minimum Gasteiger partial charge on any atom is -0.493 e. The number of ether oxygens (including phenoxy) is 2. The van der Waals surface area contributed by atoms with Gasteiger partial charge in [-0.2, -0.15) is 0 Å². The van der Waals surface area contributed by atoms with E-state index in [2.05, 4.69) is 4.98 Å². The number of likely N-dealkylation sites (tertiary alicyclic amines) is 2. The van der Waals surface area contributed by atoms with Crippen LogP contribution in [0.25, 0.3) is 6.08 Å². The SMILES string of the molecule is COc1ccc(/C=C/C(=O)N2CCC3(CCN(C(=O)c4cccnc4SC)CC3)C2)c(Cl)c1OC. The number of piperidine rings is 1. The first-order valence-electron chi connectivity index (χ1n) is 11.6. The predicted octanol–water partition coefficient (Wildman–Crippen LogP) is 4.64. The molecule has 2 saturated heterocycles. The molecule has 1 aromatic carbocycles. The van der Waals surface area contributed by atoms with Gasteiger partial charge in [-0.3, -0.25) is 9.59 Å². The van der Waals surface area contributed by atoms with Gasteiger partial charge < -0.3 is 19.3 Å². The van der Waals surface area contributed by atoms with E-state index in [1.54, 1.807) is 37.6 Å². The lowest BCUT2D eigenvalue weighted by molar-refractivity contribution is -0.125. The summed E-state index contributed by atoms with van der Waals surface area (Å²) in [6, 6.07) is 7.22. The summed E-state index contributed by atoms with van der Waals surface area (Å²) in [5.41, 5.74) is 1.43. The Morgan fingerprint density at radius 2 is 1.80 bits per heavy atom. The van der Waals surface area contributed by atoms with Crippen molar-refractivity contribution in [2.45, 2.75) is 24.3 Å². The normalized spacial score (nSPS) is 17.3. The fourth-order valence-electron chi connectivity index (χ4n) is 4.90. The second-order valence-electron chi connectivity index (χ2n) is 8.90. The molecule has 9 heteroatoms. The maximum atomic E-state index is 13.1. The van der Waals surface area contributed by atoms with Crippen LogP contribution >= 0.6 is 23.4 Å². The highest BCUT2D eigenvalue weighted by Gasteiger charge is 2.42. The largest absolute Gasteiger partial charge is 0.493 e. The highest BCUT2D eigenvalue weighted by atomic mass is 35.5. The average molecular weight is 516 g/mol. The van der Waals surface area contributed by atoms with Crippen LogP contribution in [0.4, 0.5) is 0 Å². The molecule has 0 N–H and O–H groups in total. The number of aromatic nitrogens is 1. The van der Waals surface area contributed by atoms with Crippen LogP contribution in [-0.2, 0) is 4.79 Å². The molecule has 0 atom stereocenters.